The lowest BCUT2D eigenvalue weighted by Gasteiger charge is -2.13. The van der Waals surface area contributed by atoms with Crippen molar-refractivity contribution in [2.45, 2.75) is 19.7 Å². The molecule has 2 heterocycles. The van der Waals surface area contributed by atoms with E-state index in [9.17, 15) is 13.2 Å². The van der Waals surface area contributed by atoms with Gasteiger partial charge >= 0.3 is 6.18 Å². The second kappa shape index (κ2) is 10.1. The van der Waals surface area contributed by atoms with Gasteiger partial charge in [-0.1, -0.05) is 36.4 Å². The largest absolute Gasteiger partial charge is 0.493 e. The number of aromatic nitrogens is 3. The molecule has 0 spiro atoms. The van der Waals surface area contributed by atoms with Gasteiger partial charge in [-0.3, -0.25) is 0 Å². The quantitative estimate of drug-likeness (QED) is 0.232. The number of hydrogen-bond acceptors (Lipinski definition) is 5. The van der Waals surface area contributed by atoms with Crippen LogP contribution < -0.4 is 14.2 Å². The van der Waals surface area contributed by atoms with Crippen LogP contribution in [-0.2, 0) is 12.8 Å². The topological polar surface area (TPSA) is 57.9 Å². The van der Waals surface area contributed by atoms with Crippen molar-refractivity contribution in [1.29, 1.82) is 0 Å². The van der Waals surface area contributed by atoms with Gasteiger partial charge in [-0.15, -0.1) is 0 Å². The summed E-state index contributed by atoms with van der Waals surface area (Å²) in [6.45, 7) is 2.03. The Balaban J connectivity index is 1.58. The first-order chi connectivity index (χ1) is 18.3. The predicted octanol–water partition coefficient (Wildman–Crippen LogP) is 6.99. The summed E-state index contributed by atoms with van der Waals surface area (Å²) in [6.07, 6.45) is -4.65. The Labute approximate surface area is 217 Å². The lowest BCUT2D eigenvalue weighted by molar-refractivity contribution is -0.142. The Morgan fingerprint density at radius 1 is 0.816 bits per heavy atom. The zero-order chi connectivity index (χ0) is 26.9. The zero-order valence-corrected chi connectivity index (χ0v) is 20.9. The van der Waals surface area contributed by atoms with Crippen molar-refractivity contribution in [2.24, 2.45) is 0 Å². The number of benzene rings is 3. The lowest BCUT2D eigenvalue weighted by Crippen LogP contribution is -2.13. The molecule has 0 radical (unpaired) electrons. The first-order valence-corrected chi connectivity index (χ1v) is 11.8. The van der Waals surface area contributed by atoms with Crippen molar-refractivity contribution in [2.75, 3.05) is 14.2 Å². The summed E-state index contributed by atoms with van der Waals surface area (Å²) in [5.41, 5.74) is 2.34. The molecule has 0 saturated carbocycles. The van der Waals surface area contributed by atoms with E-state index in [-0.39, 0.29) is 11.3 Å². The Hall–Kier alpha value is -4.53. The highest BCUT2D eigenvalue weighted by molar-refractivity contribution is 5.82. The Morgan fingerprint density at radius 3 is 2.16 bits per heavy atom. The summed E-state index contributed by atoms with van der Waals surface area (Å²) in [5.74, 6) is 1.55. The van der Waals surface area contributed by atoms with Crippen LogP contribution in [0.1, 0.15) is 17.0 Å². The summed E-state index contributed by atoms with van der Waals surface area (Å²) >= 11 is 0. The van der Waals surface area contributed by atoms with Crippen molar-refractivity contribution in [3.63, 3.8) is 0 Å². The molecule has 0 bridgehead atoms. The molecule has 38 heavy (non-hydrogen) atoms. The molecule has 9 heteroatoms. The van der Waals surface area contributed by atoms with Gasteiger partial charge in [0.2, 0.25) is 0 Å². The molecule has 0 N–H and O–H groups in total. The van der Waals surface area contributed by atoms with E-state index in [4.69, 9.17) is 14.2 Å². The van der Waals surface area contributed by atoms with Crippen molar-refractivity contribution >= 4 is 5.65 Å². The number of methoxy groups -OCH3 is 2. The number of halogens is 3. The smallest absolute Gasteiger partial charge is 0.433 e. The van der Waals surface area contributed by atoms with Gasteiger partial charge in [0.25, 0.3) is 0 Å². The minimum absolute atomic E-state index is 0.0870. The van der Waals surface area contributed by atoms with Crippen molar-refractivity contribution in [3.8, 4) is 39.6 Å². The molecule has 0 fully saturated rings. The van der Waals surface area contributed by atoms with E-state index in [1.165, 1.54) is 14.2 Å². The Kier molecular flexibility index (Phi) is 6.67. The van der Waals surface area contributed by atoms with Crippen LogP contribution in [0.5, 0.6) is 17.2 Å². The number of aryl methyl sites for hydroxylation is 1. The van der Waals surface area contributed by atoms with Crippen molar-refractivity contribution < 1.29 is 27.4 Å². The van der Waals surface area contributed by atoms with Gasteiger partial charge in [0.1, 0.15) is 12.4 Å². The normalized spacial score (nSPS) is 11.5. The van der Waals surface area contributed by atoms with Crippen LogP contribution >= 0.6 is 0 Å². The summed E-state index contributed by atoms with van der Waals surface area (Å²) in [4.78, 5) is 4.63. The molecule has 5 rings (SSSR count). The molecule has 3 aromatic carbocycles. The van der Waals surface area contributed by atoms with Crippen LogP contribution in [0, 0.1) is 6.92 Å². The summed E-state index contributed by atoms with van der Waals surface area (Å²) in [5, 5.41) is 4.20. The maximum Gasteiger partial charge on any atom is 0.433 e. The average molecular weight is 520 g/mol. The second-order valence-electron chi connectivity index (χ2n) is 8.59. The highest BCUT2D eigenvalue weighted by atomic mass is 19.4. The van der Waals surface area contributed by atoms with E-state index < -0.39 is 11.9 Å². The van der Waals surface area contributed by atoms with Crippen molar-refractivity contribution in [3.05, 3.63) is 95.8 Å². The van der Waals surface area contributed by atoms with Crippen LogP contribution in [0.4, 0.5) is 13.2 Å². The van der Waals surface area contributed by atoms with Crippen LogP contribution in [0.25, 0.3) is 28.0 Å². The van der Waals surface area contributed by atoms with E-state index in [2.05, 4.69) is 10.1 Å². The fraction of sp³-hybridized carbons (Fsp3) is 0.172. The molecule has 0 aliphatic carbocycles. The highest BCUT2D eigenvalue weighted by Gasteiger charge is 2.36. The number of nitrogens with zero attached hydrogens (tertiary/aromatic N) is 3. The van der Waals surface area contributed by atoms with Gasteiger partial charge in [-0.05, 0) is 60.5 Å². The van der Waals surface area contributed by atoms with Crippen LogP contribution in [0.2, 0.25) is 0 Å². The zero-order valence-electron chi connectivity index (χ0n) is 20.9. The number of ether oxygens (including phenoxy) is 3. The Morgan fingerprint density at radius 2 is 1.50 bits per heavy atom. The second-order valence-corrected chi connectivity index (χ2v) is 8.59. The highest BCUT2D eigenvalue weighted by Crippen LogP contribution is 2.38. The van der Waals surface area contributed by atoms with Crippen LogP contribution in [-0.4, -0.2) is 28.8 Å². The molecule has 0 unspecified atom stereocenters. The van der Waals surface area contributed by atoms with Gasteiger partial charge in [-0.25, -0.2) is 9.50 Å². The summed E-state index contributed by atoms with van der Waals surface area (Å²) < 4.78 is 59.8. The minimum Gasteiger partial charge on any atom is -0.493 e. The molecule has 0 saturated heterocycles. The van der Waals surface area contributed by atoms with Gasteiger partial charge in [0.15, 0.2) is 22.8 Å². The fourth-order valence-corrected chi connectivity index (χ4v) is 4.27. The standard InChI is InChI=1S/C29H24F3N3O3/c1-18-27(21-11-14-24(36-2)25(15-21)37-3)28-33-23(16-26(29(30,31)32)35(28)34-18)20-9-12-22(13-10-20)38-17-19-7-5-4-6-8-19/h4-16H,17H2,1-3H3. The molecule has 0 aliphatic heterocycles. The predicted molar refractivity (Wildman–Crippen MR) is 137 cm³/mol. The van der Waals surface area contributed by atoms with E-state index in [1.54, 1.807) is 49.4 Å². The Bertz CT molecular complexity index is 1580. The minimum atomic E-state index is -4.65. The molecule has 0 atom stereocenters. The van der Waals surface area contributed by atoms with Crippen LogP contribution in [0.15, 0.2) is 78.9 Å². The molecule has 0 aliphatic rings. The average Bonchev–Trinajstić information content (AvgIpc) is 3.26. The third kappa shape index (κ3) is 4.87. The molecule has 194 valence electrons. The molecule has 6 nitrogen and oxygen atoms in total. The van der Waals surface area contributed by atoms with Gasteiger partial charge in [0, 0.05) is 11.1 Å². The van der Waals surface area contributed by atoms with Crippen LogP contribution in [0.3, 0.4) is 0 Å². The molecular weight excluding hydrogens is 495 g/mol. The number of hydrogen-bond donors (Lipinski definition) is 0. The molecule has 0 amide bonds. The fourth-order valence-electron chi connectivity index (χ4n) is 4.27. The molecular formula is C29H24F3N3O3. The molecule has 2 aromatic heterocycles. The van der Waals surface area contributed by atoms with Crippen molar-refractivity contribution in [1.82, 2.24) is 14.6 Å². The first-order valence-electron chi connectivity index (χ1n) is 11.8. The monoisotopic (exact) mass is 519 g/mol. The lowest BCUT2D eigenvalue weighted by atomic mass is 10.0. The van der Waals surface area contributed by atoms with Gasteiger partial charge in [0.05, 0.1) is 25.6 Å². The first kappa shape index (κ1) is 25.1. The van der Waals surface area contributed by atoms with E-state index in [0.717, 1.165) is 16.1 Å². The number of rotatable bonds is 7. The summed E-state index contributed by atoms with van der Waals surface area (Å²) in [6, 6.07) is 22.7. The molecule has 5 aromatic rings. The third-order valence-corrected chi connectivity index (χ3v) is 6.13. The maximum atomic E-state index is 14.2. The van der Waals surface area contributed by atoms with E-state index >= 15 is 0 Å². The van der Waals surface area contributed by atoms with Gasteiger partial charge < -0.3 is 14.2 Å². The third-order valence-electron chi connectivity index (χ3n) is 6.13. The SMILES string of the molecule is COc1ccc(-c2c(C)nn3c(C(F)(F)F)cc(-c4ccc(OCc5ccccc5)cc4)nc23)cc1OC. The maximum absolute atomic E-state index is 14.2. The van der Waals surface area contributed by atoms with Gasteiger partial charge in [-0.2, -0.15) is 18.3 Å². The van der Waals surface area contributed by atoms with E-state index in [0.29, 0.717) is 46.2 Å². The number of alkyl halides is 3. The summed E-state index contributed by atoms with van der Waals surface area (Å²) in [7, 11) is 3.01. The van der Waals surface area contributed by atoms with E-state index in [1.807, 2.05) is 30.3 Å². The number of fused-ring (bicyclic) bond motifs is 1.